The van der Waals surface area contributed by atoms with Crippen LogP contribution in [0.3, 0.4) is 0 Å². The molecule has 0 aromatic carbocycles. The van der Waals surface area contributed by atoms with Gasteiger partial charge >= 0.3 is 0 Å². The van der Waals surface area contributed by atoms with E-state index in [0.29, 0.717) is 11.2 Å². The van der Waals surface area contributed by atoms with Crippen molar-refractivity contribution in [3.8, 4) is 0 Å². The third kappa shape index (κ3) is 3.90. The molecule has 0 saturated carbocycles. The van der Waals surface area contributed by atoms with E-state index in [1.165, 1.54) is 0 Å². The molecule has 11 heavy (non-hydrogen) atoms. The van der Waals surface area contributed by atoms with E-state index in [1.54, 1.807) is 0 Å². The van der Waals surface area contributed by atoms with Crippen LogP contribution in [0.15, 0.2) is 0 Å². The van der Waals surface area contributed by atoms with Crippen molar-refractivity contribution in [2.45, 2.75) is 39.4 Å². The van der Waals surface area contributed by atoms with Crippen molar-refractivity contribution in [2.75, 3.05) is 12.0 Å². The Balaban J connectivity index is 4.02. The number of hydrogen-bond donors (Lipinski definition) is 1. The lowest BCUT2D eigenvalue weighted by atomic mass is 10.1. The Kier molecular flexibility index (Phi) is 4.30. The van der Waals surface area contributed by atoms with Gasteiger partial charge in [-0.15, -0.1) is 9.93 Å². The van der Waals surface area contributed by atoms with E-state index in [1.807, 2.05) is 13.2 Å². The Labute approximate surface area is 72.0 Å². The molecule has 0 aromatic heterocycles. The van der Waals surface area contributed by atoms with Crippen molar-refractivity contribution in [1.82, 2.24) is 0 Å². The number of thiol groups is 1. The van der Waals surface area contributed by atoms with Crippen LogP contribution in [0.4, 0.5) is 0 Å². The summed E-state index contributed by atoms with van der Waals surface area (Å²) < 4.78 is 11.8. The molecule has 0 radical (unpaired) electrons. The van der Waals surface area contributed by atoms with Crippen LogP contribution in [-0.2, 0) is 9.93 Å². The summed E-state index contributed by atoms with van der Waals surface area (Å²) in [5.74, 6) is 1.52. The van der Waals surface area contributed by atoms with E-state index in [9.17, 15) is 4.21 Å². The molecular formula is C9H22OS. The van der Waals surface area contributed by atoms with E-state index in [0.717, 1.165) is 12.2 Å². The summed E-state index contributed by atoms with van der Waals surface area (Å²) in [6, 6.07) is 0. The number of hydrogen-bond acceptors (Lipinski definition) is 1. The molecule has 1 unspecified atom stereocenters. The van der Waals surface area contributed by atoms with Gasteiger partial charge in [-0.25, -0.2) is 0 Å². The van der Waals surface area contributed by atoms with Gasteiger partial charge in [0.25, 0.3) is 0 Å². The Morgan fingerprint density at radius 1 is 1.27 bits per heavy atom. The maximum atomic E-state index is 11.8. The van der Waals surface area contributed by atoms with Crippen LogP contribution in [0.1, 0.15) is 34.1 Å². The van der Waals surface area contributed by atoms with Crippen LogP contribution in [-0.4, -0.2) is 21.5 Å². The maximum absolute atomic E-state index is 11.8. The average Bonchev–Trinajstić information content (AvgIpc) is 1.86. The van der Waals surface area contributed by atoms with E-state index in [4.69, 9.17) is 0 Å². The van der Waals surface area contributed by atoms with Gasteiger partial charge in [0.15, 0.2) is 0 Å². The lowest BCUT2D eigenvalue weighted by Gasteiger charge is -2.25. The van der Waals surface area contributed by atoms with Gasteiger partial charge in [-0.1, -0.05) is 27.7 Å². The summed E-state index contributed by atoms with van der Waals surface area (Å²) in [5.41, 5.74) is 0. The van der Waals surface area contributed by atoms with Crippen LogP contribution in [0, 0.1) is 5.92 Å². The molecule has 0 saturated heterocycles. The van der Waals surface area contributed by atoms with E-state index in [2.05, 4.69) is 20.8 Å². The van der Waals surface area contributed by atoms with Crippen molar-refractivity contribution in [3.63, 3.8) is 0 Å². The molecule has 0 bridgehead atoms. The first kappa shape index (κ1) is 11.2. The van der Waals surface area contributed by atoms with E-state index in [-0.39, 0.29) is 0 Å². The van der Waals surface area contributed by atoms with Crippen molar-refractivity contribution in [3.05, 3.63) is 0 Å². The van der Waals surface area contributed by atoms with Gasteiger partial charge in [-0.3, -0.25) is 4.21 Å². The minimum atomic E-state index is -1.82. The van der Waals surface area contributed by atoms with Gasteiger partial charge in [0.05, 0.1) is 0 Å². The monoisotopic (exact) mass is 178 g/mol. The normalized spacial score (nSPS) is 16.9. The van der Waals surface area contributed by atoms with Crippen molar-refractivity contribution in [2.24, 2.45) is 5.92 Å². The summed E-state index contributed by atoms with van der Waals surface area (Å²) >= 11 is 0. The third-order valence-electron chi connectivity index (χ3n) is 2.37. The van der Waals surface area contributed by atoms with E-state index >= 15 is 0 Å². The quantitative estimate of drug-likeness (QED) is 0.652. The zero-order valence-corrected chi connectivity index (χ0v) is 9.32. The van der Waals surface area contributed by atoms with E-state index < -0.39 is 9.93 Å². The highest BCUT2D eigenvalue weighted by Crippen LogP contribution is 2.16. The topological polar surface area (TPSA) is 17.1 Å². The Morgan fingerprint density at radius 3 is 2.00 bits per heavy atom. The average molecular weight is 178 g/mol. The van der Waals surface area contributed by atoms with Gasteiger partial charge in [-0.2, -0.15) is 0 Å². The fourth-order valence-corrected chi connectivity index (χ4v) is 2.71. The predicted molar refractivity (Wildman–Crippen MR) is 54.9 cm³/mol. The lowest BCUT2D eigenvalue weighted by Crippen LogP contribution is -2.27. The second-order valence-corrected chi connectivity index (χ2v) is 7.83. The molecule has 0 aliphatic carbocycles. The fraction of sp³-hybridized carbons (Fsp3) is 1.00. The molecule has 2 heteroatoms. The molecule has 0 aliphatic rings. The Morgan fingerprint density at radius 2 is 1.73 bits per heavy atom. The molecule has 0 N–H and O–H groups in total. The second-order valence-electron chi connectivity index (χ2n) is 3.97. The molecule has 0 heterocycles. The summed E-state index contributed by atoms with van der Waals surface area (Å²) in [4.78, 5) is 0. The van der Waals surface area contributed by atoms with Gasteiger partial charge < -0.3 is 0 Å². The van der Waals surface area contributed by atoms with Crippen molar-refractivity contribution in [1.29, 1.82) is 0 Å². The van der Waals surface area contributed by atoms with Crippen molar-refractivity contribution >= 4 is 9.93 Å². The fourth-order valence-electron chi connectivity index (χ4n) is 1.22. The molecule has 0 aromatic rings. The first-order chi connectivity index (χ1) is 4.90. The van der Waals surface area contributed by atoms with Crippen LogP contribution in [0.5, 0.6) is 0 Å². The van der Waals surface area contributed by atoms with Crippen molar-refractivity contribution < 1.29 is 4.21 Å². The smallest absolute Gasteiger partial charge is 0.00982 e. The molecular weight excluding hydrogens is 156 g/mol. The first-order valence-electron chi connectivity index (χ1n) is 4.46. The molecule has 1 nitrogen and oxygen atoms in total. The molecule has 70 valence electrons. The molecule has 1 atom stereocenters. The third-order valence-corrected chi connectivity index (χ3v) is 5.70. The molecule has 0 fully saturated rings. The maximum Gasteiger partial charge on any atom is 0.00982 e. The summed E-state index contributed by atoms with van der Waals surface area (Å²) in [6.45, 7) is 8.51. The van der Waals surface area contributed by atoms with Gasteiger partial charge in [0.1, 0.15) is 0 Å². The standard InChI is InChI=1S/C9H22OS/c1-6-11(5,10)9(4)7-8(2)3/h8-9,11H,6-7H2,1-5H3. The highest BCUT2D eigenvalue weighted by Gasteiger charge is 2.16. The SMILES string of the molecule is CC[SH](C)(=O)C(C)CC(C)C. The predicted octanol–water partition coefficient (Wildman–Crippen LogP) is 2.09. The Hall–Kier alpha value is 0.150. The van der Waals surface area contributed by atoms with Gasteiger partial charge in [0.2, 0.25) is 0 Å². The summed E-state index contributed by atoms with van der Waals surface area (Å²) in [7, 11) is -1.82. The second kappa shape index (κ2) is 4.24. The summed E-state index contributed by atoms with van der Waals surface area (Å²) in [5, 5.41) is 0.410. The van der Waals surface area contributed by atoms with Gasteiger partial charge in [0, 0.05) is 5.25 Å². The van der Waals surface area contributed by atoms with Crippen LogP contribution in [0.25, 0.3) is 0 Å². The zero-order chi connectivity index (χ0) is 9.07. The largest absolute Gasteiger partial charge is 0.285 e. The molecule has 0 spiro atoms. The van der Waals surface area contributed by atoms with Crippen LogP contribution < -0.4 is 0 Å². The highest BCUT2D eigenvalue weighted by molar-refractivity contribution is 8.02. The van der Waals surface area contributed by atoms with Crippen LogP contribution >= 0.6 is 0 Å². The zero-order valence-electron chi connectivity index (χ0n) is 8.42. The molecule has 0 aliphatic heterocycles. The lowest BCUT2D eigenvalue weighted by molar-refractivity contribution is 0.567. The minimum absolute atomic E-state index is 0.410. The Bertz CT molecular complexity index is 152. The molecule has 0 rings (SSSR count). The van der Waals surface area contributed by atoms with Gasteiger partial charge in [-0.05, 0) is 24.3 Å². The summed E-state index contributed by atoms with van der Waals surface area (Å²) in [6.07, 6.45) is 3.03. The van der Waals surface area contributed by atoms with Crippen LogP contribution in [0.2, 0.25) is 0 Å². The first-order valence-corrected chi connectivity index (χ1v) is 6.87. The minimum Gasteiger partial charge on any atom is -0.285 e. The number of rotatable bonds is 4. The molecule has 0 amide bonds. The highest BCUT2D eigenvalue weighted by atomic mass is 32.2.